The second-order valence-electron chi connectivity index (χ2n) is 5.22. The van der Waals surface area contributed by atoms with Crippen LogP contribution < -0.4 is 5.32 Å². The predicted octanol–water partition coefficient (Wildman–Crippen LogP) is 3.16. The fraction of sp³-hybridized carbons (Fsp3) is 0.438. The van der Waals surface area contributed by atoms with Crippen molar-refractivity contribution in [3.63, 3.8) is 0 Å². The van der Waals surface area contributed by atoms with E-state index in [0.29, 0.717) is 5.92 Å². The van der Waals surface area contributed by atoms with Gasteiger partial charge in [0.15, 0.2) is 0 Å². The molecule has 0 bridgehead atoms. The Balaban J connectivity index is 1.90. The number of rotatable bonds is 4. The lowest BCUT2D eigenvalue weighted by Crippen LogP contribution is -2.15. The Kier molecular flexibility index (Phi) is 3.90. The van der Waals surface area contributed by atoms with Crippen LogP contribution in [0.15, 0.2) is 30.6 Å². The van der Waals surface area contributed by atoms with E-state index in [2.05, 4.69) is 33.3 Å². The number of aryl methyl sites for hydroxylation is 1. The molecule has 1 aliphatic rings. The van der Waals surface area contributed by atoms with Gasteiger partial charge < -0.3 is 5.32 Å². The number of fused-ring (bicyclic) bond motifs is 1. The van der Waals surface area contributed by atoms with Gasteiger partial charge in [-0.3, -0.25) is 4.98 Å². The first-order chi connectivity index (χ1) is 9.88. The van der Waals surface area contributed by atoms with Crippen molar-refractivity contribution in [2.75, 3.05) is 11.9 Å². The van der Waals surface area contributed by atoms with Crippen LogP contribution in [0.2, 0.25) is 0 Å². The van der Waals surface area contributed by atoms with Crippen molar-refractivity contribution < 1.29 is 0 Å². The lowest BCUT2D eigenvalue weighted by molar-refractivity contribution is 0.587. The van der Waals surface area contributed by atoms with E-state index < -0.39 is 0 Å². The first-order valence-corrected chi connectivity index (χ1v) is 7.39. The largest absolute Gasteiger partial charge is 0.354 e. The van der Waals surface area contributed by atoms with Crippen LogP contribution in [0.5, 0.6) is 0 Å². The second-order valence-corrected chi connectivity index (χ2v) is 5.22. The molecular weight excluding hydrogens is 248 g/mol. The summed E-state index contributed by atoms with van der Waals surface area (Å²) in [4.78, 5) is 13.5. The molecule has 0 saturated carbocycles. The Hall–Kier alpha value is -1.97. The van der Waals surface area contributed by atoms with Gasteiger partial charge in [-0.25, -0.2) is 9.97 Å². The molecule has 0 fully saturated rings. The van der Waals surface area contributed by atoms with Crippen molar-refractivity contribution in [2.45, 2.75) is 38.5 Å². The maximum absolute atomic E-state index is 4.67. The highest BCUT2D eigenvalue weighted by Gasteiger charge is 2.24. The average molecular weight is 268 g/mol. The molecule has 0 spiro atoms. The average Bonchev–Trinajstić information content (AvgIpc) is 2.52. The van der Waals surface area contributed by atoms with Crippen LogP contribution in [-0.4, -0.2) is 21.5 Å². The Morgan fingerprint density at radius 2 is 2.20 bits per heavy atom. The minimum absolute atomic E-state index is 0.310. The van der Waals surface area contributed by atoms with E-state index >= 15 is 0 Å². The maximum Gasteiger partial charge on any atom is 0.222 e. The van der Waals surface area contributed by atoms with E-state index in [1.54, 1.807) is 0 Å². The van der Waals surface area contributed by atoms with Crippen molar-refractivity contribution in [1.82, 2.24) is 15.0 Å². The summed E-state index contributed by atoms with van der Waals surface area (Å²) in [6.07, 6.45) is 8.25. The summed E-state index contributed by atoms with van der Waals surface area (Å²) in [5.41, 5.74) is 3.64. The number of hydrogen-bond donors (Lipinski definition) is 1. The van der Waals surface area contributed by atoms with E-state index in [1.165, 1.54) is 17.7 Å². The SMILES string of the molecule is CCCNc1nccc(C2CCCc3cccnc32)n1. The Morgan fingerprint density at radius 3 is 3.10 bits per heavy atom. The molecule has 20 heavy (non-hydrogen) atoms. The molecule has 4 nitrogen and oxygen atoms in total. The van der Waals surface area contributed by atoms with Crippen LogP contribution >= 0.6 is 0 Å². The molecule has 0 radical (unpaired) electrons. The van der Waals surface area contributed by atoms with Gasteiger partial charge in [0, 0.05) is 24.9 Å². The van der Waals surface area contributed by atoms with E-state index in [4.69, 9.17) is 0 Å². The van der Waals surface area contributed by atoms with Crippen molar-refractivity contribution in [1.29, 1.82) is 0 Å². The minimum Gasteiger partial charge on any atom is -0.354 e. The van der Waals surface area contributed by atoms with Crippen LogP contribution in [0.4, 0.5) is 5.95 Å². The van der Waals surface area contributed by atoms with Crippen LogP contribution in [0.1, 0.15) is 49.1 Å². The number of nitrogens with one attached hydrogen (secondary N) is 1. The van der Waals surface area contributed by atoms with Crippen LogP contribution in [0.3, 0.4) is 0 Å². The lowest BCUT2D eigenvalue weighted by Gasteiger charge is -2.23. The first-order valence-electron chi connectivity index (χ1n) is 7.39. The van der Waals surface area contributed by atoms with Gasteiger partial charge in [0.1, 0.15) is 0 Å². The van der Waals surface area contributed by atoms with Gasteiger partial charge in [-0.05, 0) is 43.4 Å². The zero-order chi connectivity index (χ0) is 13.8. The number of anilines is 1. The Bertz CT molecular complexity index is 582. The molecule has 0 saturated heterocycles. The van der Waals surface area contributed by atoms with Crippen LogP contribution in [0, 0.1) is 0 Å². The maximum atomic E-state index is 4.67. The quantitative estimate of drug-likeness (QED) is 0.925. The van der Waals surface area contributed by atoms with E-state index in [0.717, 1.165) is 37.4 Å². The van der Waals surface area contributed by atoms with Gasteiger partial charge in [0.05, 0.1) is 11.4 Å². The Labute approximate surface area is 119 Å². The van der Waals surface area contributed by atoms with Gasteiger partial charge >= 0.3 is 0 Å². The fourth-order valence-corrected chi connectivity index (χ4v) is 2.79. The van der Waals surface area contributed by atoms with Gasteiger partial charge in [-0.1, -0.05) is 13.0 Å². The fourth-order valence-electron chi connectivity index (χ4n) is 2.79. The summed E-state index contributed by atoms with van der Waals surface area (Å²) < 4.78 is 0. The molecule has 1 aliphatic carbocycles. The standard InChI is InChI=1S/C16H20N4/c1-2-9-18-16-19-11-8-14(20-16)13-7-3-5-12-6-4-10-17-15(12)13/h4,6,8,10-11,13H,2-3,5,7,9H2,1H3,(H,18,19,20). The molecule has 1 atom stereocenters. The molecule has 0 amide bonds. The molecule has 2 heterocycles. The summed E-state index contributed by atoms with van der Waals surface area (Å²) in [5, 5.41) is 3.26. The molecule has 1 N–H and O–H groups in total. The molecule has 2 aromatic rings. The lowest BCUT2D eigenvalue weighted by atomic mass is 9.84. The predicted molar refractivity (Wildman–Crippen MR) is 79.8 cm³/mol. The van der Waals surface area contributed by atoms with Crippen molar-refractivity contribution in [3.8, 4) is 0 Å². The zero-order valence-corrected chi connectivity index (χ0v) is 11.8. The van der Waals surface area contributed by atoms with Crippen LogP contribution in [0.25, 0.3) is 0 Å². The van der Waals surface area contributed by atoms with E-state index in [1.807, 2.05) is 24.5 Å². The molecule has 4 heteroatoms. The molecule has 2 aromatic heterocycles. The summed E-state index contributed by atoms with van der Waals surface area (Å²) in [5.74, 6) is 1.04. The van der Waals surface area contributed by atoms with Gasteiger partial charge in [-0.15, -0.1) is 0 Å². The third kappa shape index (κ3) is 2.64. The number of pyridine rings is 1. The molecule has 0 aromatic carbocycles. The van der Waals surface area contributed by atoms with Crippen LogP contribution in [-0.2, 0) is 6.42 Å². The van der Waals surface area contributed by atoms with Gasteiger partial charge in [0.25, 0.3) is 0 Å². The third-order valence-corrected chi connectivity index (χ3v) is 3.76. The zero-order valence-electron chi connectivity index (χ0n) is 11.8. The highest BCUT2D eigenvalue weighted by molar-refractivity contribution is 5.35. The monoisotopic (exact) mass is 268 g/mol. The molecule has 1 unspecified atom stereocenters. The normalized spacial score (nSPS) is 17.6. The smallest absolute Gasteiger partial charge is 0.222 e. The number of nitrogens with zero attached hydrogens (tertiary/aromatic N) is 3. The highest BCUT2D eigenvalue weighted by atomic mass is 15.1. The first kappa shape index (κ1) is 13.0. The third-order valence-electron chi connectivity index (χ3n) is 3.76. The summed E-state index contributed by atoms with van der Waals surface area (Å²) in [6, 6.07) is 6.23. The second kappa shape index (κ2) is 5.99. The summed E-state index contributed by atoms with van der Waals surface area (Å²) >= 11 is 0. The van der Waals surface area contributed by atoms with E-state index in [9.17, 15) is 0 Å². The Morgan fingerprint density at radius 1 is 1.25 bits per heavy atom. The molecular formula is C16H20N4. The molecule has 104 valence electrons. The minimum atomic E-state index is 0.310. The highest BCUT2D eigenvalue weighted by Crippen LogP contribution is 2.34. The topological polar surface area (TPSA) is 50.7 Å². The summed E-state index contributed by atoms with van der Waals surface area (Å²) in [7, 11) is 0. The molecule has 0 aliphatic heterocycles. The number of hydrogen-bond acceptors (Lipinski definition) is 4. The van der Waals surface area contributed by atoms with E-state index in [-0.39, 0.29) is 0 Å². The number of aromatic nitrogens is 3. The van der Waals surface area contributed by atoms with Crippen molar-refractivity contribution in [3.05, 3.63) is 47.5 Å². The van der Waals surface area contributed by atoms with Gasteiger partial charge in [-0.2, -0.15) is 0 Å². The van der Waals surface area contributed by atoms with Gasteiger partial charge in [0.2, 0.25) is 5.95 Å². The van der Waals surface area contributed by atoms with Crippen molar-refractivity contribution >= 4 is 5.95 Å². The van der Waals surface area contributed by atoms with Crippen molar-refractivity contribution in [2.24, 2.45) is 0 Å². The molecule has 3 rings (SSSR count). The summed E-state index contributed by atoms with van der Waals surface area (Å²) in [6.45, 7) is 3.04.